The smallest absolute Gasteiger partial charge is 0.418 e. The third-order valence-electron chi connectivity index (χ3n) is 2.71. The lowest BCUT2D eigenvalue weighted by Gasteiger charge is -2.22. The van der Waals surface area contributed by atoms with Crippen LogP contribution in [0.15, 0.2) is 28.3 Å². The summed E-state index contributed by atoms with van der Waals surface area (Å²) in [4.78, 5) is 27.7. The van der Waals surface area contributed by atoms with Gasteiger partial charge in [-0.15, -0.1) is 0 Å². The minimum absolute atomic E-state index is 0.158. The number of aromatic nitrogens is 1. The molecule has 1 atom stereocenters. The van der Waals surface area contributed by atoms with E-state index in [4.69, 9.17) is 51.1 Å². The van der Waals surface area contributed by atoms with Crippen molar-refractivity contribution >= 4 is 63.8 Å². The van der Waals surface area contributed by atoms with Crippen molar-refractivity contribution in [2.75, 3.05) is 6.61 Å². The first-order valence-electron chi connectivity index (χ1n) is 5.94. The standard InChI is InChI=1S/C12H10Cl4N2O3S/c1-6-9(22-10(19)17-6)7-2-3-18(4-8(7)13)11(20)21-5-12(14,15)16/h2-4,7H,5H2,1H3,(H,17,19). The van der Waals surface area contributed by atoms with Gasteiger partial charge in [-0.2, -0.15) is 0 Å². The van der Waals surface area contributed by atoms with Crippen LogP contribution in [-0.2, 0) is 4.74 Å². The van der Waals surface area contributed by atoms with Crippen LogP contribution in [0.4, 0.5) is 4.79 Å². The molecule has 0 saturated heterocycles. The van der Waals surface area contributed by atoms with Gasteiger partial charge >= 0.3 is 11.0 Å². The monoisotopic (exact) mass is 402 g/mol. The summed E-state index contributed by atoms with van der Waals surface area (Å²) in [5.41, 5.74) is 0.739. The molecule has 0 spiro atoms. The number of nitrogens with zero attached hydrogens (tertiary/aromatic N) is 1. The Morgan fingerprint density at radius 2 is 2.18 bits per heavy atom. The lowest BCUT2D eigenvalue weighted by Crippen LogP contribution is -2.27. The molecule has 2 heterocycles. The lowest BCUT2D eigenvalue weighted by atomic mass is 10.0. The number of carbonyl (C=O) groups is 1. The quantitative estimate of drug-likeness (QED) is 0.751. The average Bonchev–Trinajstić information content (AvgIpc) is 2.74. The van der Waals surface area contributed by atoms with E-state index in [0.29, 0.717) is 5.03 Å². The van der Waals surface area contributed by atoms with E-state index in [1.54, 1.807) is 13.0 Å². The van der Waals surface area contributed by atoms with Crippen molar-refractivity contribution in [1.82, 2.24) is 9.88 Å². The van der Waals surface area contributed by atoms with Gasteiger partial charge in [0.25, 0.3) is 0 Å². The summed E-state index contributed by atoms with van der Waals surface area (Å²) < 4.78 is 3.17. The van der Waals surface area contributed by atoms with Gasteiger partial charge in [0.2, 0.25) is 3.79 Å². The van der Waals surface area contributed by atoms with Gasteiger partial charge in [0.15, 0.2) is 0 Å². The second-order valence-electron chi connectivity index (χ2n) is 4.41. The van der Waals surface area contributed by atoms with Crippen LogP contribution in [0.5, 0.6) is 0 Å². The van der Waals surface area contributed by atoms with E-state index in [2.05, 4.69) is 4.98 Å². The van der Waals surface area contributed by atoms with Crippen LogP contribution in [0.1, 0.15) is 16.5 Å². The number of thiazole rings is 1. The van der Waals surface area contributed by atoms with Gasteiger partial charge in [0.05, 0.1) is 5.92 Å². The number of ether oxygens (including phenoxy) is 1. The molecule has 22 heavy (non-hydrogen) atoms. The number of H-pyrrole nitrogens is 1. The molecule has 5 nitrogen and oxygen atoms in total. The maximum absolute atomic E-state index is 11.8. The van der Waals surface area contributed by atoms with Crippen LogP contribution < -0.4 is 4.87 Å². The minimum atomic E-state index is -1.68. The number of aromatic amines is 1. The van der Waals surface area contributed by atoms with Crippen LogP contribution in [0.25, 0.3) is 0 Å². The molecule has 0 aliphatic carbocycles. The summed E-state index contributed by atoms with van der Waals surface area (Å²) in [5, 5.41) is 0.367. The molecule has 0 aromatic carbocycles. The molecular formula is C12H10Cl4N2O3S. The molecule has 1 amide bonds. The molecule has 0 saturated carbocycles. The Hall–Kier alpha value is -0.660. The molecule has 0 bridgehead atoms. The normalized spacial score (nSPS) is 18.3. The molecule has 1 aliphatic heterocycles. The third kappa shape index (κ3) is 4.43. The van der Waals surface area contributed by atoms with Crippen LogP contribution in [-0.4, -0.2) is 26.4 Å². The minimum Gasteiger partial charge on any atom is -0.444 e. The van der Waals surface area contributed by atoms with Crippen molar-refractivity contribution < 1.29 is 9.53 Å². The van der Waals surface area contributed by atoms with E-state index in [1.165, 1.54) is 12.4 Å². The van der Waals surface area contributed by atoms with Gasteiger partial charge in [-0.3, -0.25) is 9.69 Å². The summed E-state index contributed by atoms with van der Waals surface area (Å²) in [5.74, 6) is -0.289. The van der Waals surface area contributed by atoms with Gasteiger partial charge in [-0.1, -0.05) is 63.8 Å². The van der Waals surface area contributed by atoms with E-state index in [9.17, 15) is 9.59 Å². The third-order valence-corrected chi connectivity index (χ3v) is 4.44. The van der Waals surface area contributed by atoms with Crippen LogP contribution >= 0.6 is 57.7 Å². The maximum Gasteiger partial charge on any atom is 0.418 e. The first-order chi connectivity index (χ1) is 10.2. The first-order valence-corrected chi connectivity index (χ1v) is 8.27. The van der Waals surface area contributed by atoms with E-state index < -0.39 is 9.89 Å². The molecule has 0 fully saturated rings. The molecule has 1 aromatic rings. The molecule has 1 unspecified atom stereocenters. The van der Waals surface area contributed by atoms with Crippen molar-refractivity contribution in [2.24, 2.45) is 0 Å². The van der Waals surface area contributed by atoms with Gasteiger partial charge in [-0.05, 0) is 6.92 Å². The number of carbonyl (C=O) groups excluding carboxylic acids is 1. The van der Waals surface area contributed by atoms with E-state index >= 15 is 0 Å². The summed E-state index contributed by atoms with van der Waals surface area (Å²) in [6.07, 6.45) is 3.85. The zero-order valence-corrected chi connectivity index (χ0v) is 14.9. The van der Waals surface area contributed by atoms with Gasteiger partial charge in [0, 0.05) is 28.0 Å². The topological polar surface area (TPSA) is 62.4 Å². The number of halogens is 4. The Labute approximate surface area is 150 Å². The highest BCUT2D eigenvalue weighted by Crippen LogP contribution is 2.35. The van der Waals surface area contributed by atoms with Crippen molar-refractivity contribution in [3.8, 4) is 0 Å². The Bertz CT molecular complexity index is 689. The van der Waals surface area contributed by atoms with Crippen molar-refractivity contribution in [2.45, 2.75) is 16.6 Å². The van der Waals surface area contributed by atoms with Gasteiger partial charge in [-0.25, -0.2) is 4.79 Å². The maximum atomic E-state index is 11.8. The Morgan fingerprint density at radius 3 is 2.68 bits per heavy atom. The summed E-state index contributed by atoms with van der Waals surface area (Å²) in [7, 11) is 0. The fraction of sp³-hybridized carbons (Fsp3) is 0.333. The molecule has 0 radical (unpaired) electrons. The van der Waals surface area contributed by atoms with Crippen LogP contribution in [0, 0.1) is 6.92 Å². The summed E-state index contributed by atoms with van der Waals surface area (Å²) >= 11 is 23.8. The second kappa shape index (κ2) is 6.84. The van der Waals surface area contributed by atoms with E-state index in [-0.39, 0.29) is 17.4 Å². The highest BCUT2D eigenvalue weighted by molar-refractivity contribution is 7.09. The largest absolute Gasteiger partial charge is 0.444 e. The Morgan fingerprint density at radius 1 is 1.50 bits per heavy atom. The number of allylic oxidation sites excluding steroid dienone is 2. The Kier molecular flexibility index (Phi) is 5.50. The molecule has 2 rings (SSSR count). The van der Waals surface area contributed by atoms with Crippen molar-refractivity contribution in [3.05, 3.63) is 43.7 Å². The fourth-order valence-electron chi connectivity index (χ4n) is 1.78. The van der Waals surface area contributed by atoms with Crippen LogP contribution in [0.3, 0.4) is 0 Å². The number of rotatable bonds is 2. The number of hydrogen-bond acceptors (Lipinski definition) is 4. The zero-order chi connectivity index (χ0) is 16.5. The highest BCUT2D eigenvalue weighted by Gasteiger charge is 2.27. The molecule has 1 aromatic heterocycles. The Balaban J connectivity index is 2.10. The van der Waals surface area contributed by atoms with Gasteiger partial charge < -0.3 is 9.72 Å². The number of nitrogens with one attached hydrogen (secondary N) is 1. The molecule has 10 heteroatoms. The number of amides is 1. The SMILES string of the molecule is Cc1[nH]c(=O)sc1C1C=CN(C(=O)OCC(Cl)(Cl)Cl)C=C1Cl. The predicted molar refractivity (Wildman–Crippen MR) is 89.0 cm³/mol. The molecule has 120 valence electrons. The van der Waals surface area contributed by atoms with E-state index in [1.807, 2.05) is 0 Å². The average molecular weight is 404 g/mol. The lowest BCUT2D eigenvalue weighted by molar-refractivity contribution is 0.129. The zero-order valence-electron chi connectivity index (χ0n) is 11.1. The number of hydrogen-bond donors (Lipinski definition) is 1. The van der Waals surface area contributed by atoms with Crippen molar-refractivity contribution in [1.29, 1.82) is 0 Å². The first kappa shape index (κ1) is 17.7. The predicted octanol–water partition coefficient (Wildman–Crippen LogP) is 4.24. The van der Waals surface area contributed by atoms with Crippen LogP contribution in [0.2, 0.25) is 0 Å². The molecule has 1 N–H and O–H groups in total. The molecular weight excluding hydrogens is 394 g/mol. The number of aryl methyl sites for hydroxylation is 1. The van der Waals surface area contributed by atoms with Gasteiger partial charge in [0.1, 0.15) is 6.61 Å². The van der Waals surface area contributed by atoms with E-state index in [0.717, 1.165) is 26.8 Å². The summed E-state index contributed by atoms with van der Waals surface area (Å²) in [6, 6.07) is 0. The fourth-order valence-corrected chi connectivity index (χ4v) is 3.24. The van der Waals surface area contributed by atoms with Crippen molar-refractivity contribution in [3.63, 3.8) is 0 Å². The number of alkyl halides is 3. The second-order valence-corrected chi connectivity index (χ2v) is 8.38. The molecule has 1 aliphatic rings. The summed E-state index contributed by atoms with van der Waals surface area (Å²) in [6.45, 7) is 1.40. The highest BCUT2D eigenvalue weighted by atomic mass is 35.6.